The van der Waals surface area contributed by atoms with Crippen molar-refractivity contribution in [1.82, 2.24) is 15.5 Å². The van der Waals surface area contributed by atoms with Crippen LogP contribution in [0.3, 0.4) is 0 Å². The Morgan fingerprint density at radius 2 is 1.91 bits per heavy atom. The highest BCUT2D eigenvalue weighted by molar-refractivity contribution is 5.97. The predicted octanol–water partition coefficient (Wildman–Crippen LogP) is 1.85. The first-order chi connectivity index (χ1) is 15.4. The van der Waals surface area contributed by atoms with Gasteiger partial charge in [0, 0.05) is 25.2 Å². The monoisotopic (exact) mass is 434 g/mol. The summed E-state index contributed by atoms with van der Waals surface area (Å²) in [6.07, 6.45) is -0.754. The van der Waals surface area contributed by atoms with Gasteiger partial charge in [0.15, 0.2) is 6.10 Å². The van der Waals surface area contributed by atoms with E-state index in [0.717, 1.165) is 5.56 Å². The molecule has 1 atom stereocenters. The molecule has 8 nitrogen and oxygen atoms in total. The maximum Gasteiger partial charge on any atom is 0.261 e. The van der Waals surface area contributed by atoms with Gasteiger partial charge in [0.05, 0.1) is 12.1 Å². The van der Waals surface area contributed by atoms with Crippen LogP contribution in [-0.4, -0.2) is 48.4 Å². The summed E-state index contributed by atoms with van der Waals surface area (Å²) in [6.45, 7) is 5.01. The molecular formula is C24H26N4O4. The number of piperazine rings is 1. The van der Waals surface area contributed by atoms with Crippen LogP contribution in [0.25, 0.3) is 0 Å². The molecule has 166 valence electrons. The molecule has 1 aliphatic rings. The van der Waals surface area contributed by atoms with Gasteiger partial charge in [0.25, 0.3) is 11.8 Å². The molecule has 0 radical (unpaired) electrons. The number of rotatable bonds is 7. The molecule has 0 spiro atoms. The molecule has 1 fully saturated rings. The number of nitrogens with zero attached hydrogens (tertiary/aromatic N) is 2. The number of benzene rings is 2. The van der Waals surface area contributed by atoms with Crippen molar-refractivity contribution in [2.75, 3.05) is 19.6 Å². The Balaban J connectivity index is 1.60. The van der Waals surface area contributed by atoms with Crippen LogP contribution in [-0.2, 0) is 16.1 Å². The number of ether oxygens (including phenoxy) is 1. The number of nitrogens with one attached hydrogen (secondary N) is 2. The smallest absolute Gasteiger partial charge is 0.261 e. The quantitative estimate of drug-likeness (QED) is 0.691. The average Bonchev–Trinajstić information content (AvgIpc) is 2.81. The Kier molecular flexibility index (Phi) is 7.45. The predicted molar refractivity (Wildman–Crippen MR) is 118 cm³/mol. The summed E-state index contributed by atoms with van der Waals surface area (Å²) in [4.78, 5) is 38.3. The normalized spacial score (nSPS) is 14.3. The van der Waals surface area contributed by atoms with Crippen molar-refractivity contribution < 1.29 is 19.1 Å². The lowest BCUT2D eigenvalue weighted by molar-refractivity contribution is -0.130. The number of carbonyl (C=O) groups is 3. The topological polar surface area (TPSA) is 112 Å². The summed E-state index contributed by atoms with van der Waals surface area (Å²) in [6, 6.07) is 15.8. The third-order valence-corrected chi connectivity index (χ3v) is 5.12. The van der Waals surface area contributed by atoms with Crippen molar-refractivity contribution in [3.05, 3.63) is 65.2 Å². The zero-order chi connectivity index (χ0) is 23.1. The van der Waals surface area contributed by atoms with E-state index in [4.69, 9.17) is 4.74 Å². The maximum absolute atomic E-state index is 12.8. The molecule has 2 N–H and O–H groups in total. The van der Waals surface area contributed by atoms with Crippen LogP contribution in [0.2, 0.25) is 0 Å². The van der Waals surface area contributed by atoms with E-state index in [2.05, 4.69) is 16.7 Å². The lowest BCUT2D eigenvalue weighted by atomic mass is 10.1. The zero-order valence-electron chi connectivity index (χ0n) is 18.1. The standard InChI is InChI=1S/C24H26N4O4/c1-16(2)22(32-20-6-4-3-5-19(20)13-25)23(30)27-14-17-7-9-18(10-8-17)24(31)28-12-11-26-21(29)15-28/h3-10,16,22H,11-12,14-15H2,1-2H3,(H,26,29)(H,27,30). The second-order valence-corrected chi connectivity index (χ2v) is 7.88. The Bertz CT molecular complexity index is 1030. The SMILES string of the molecule is CC(C)C(Oc1ccccc1C#N)C(=O)NCc1ccc(C(=O)N2CCNC(=O)C2)cc1. The van der Waals surface area contributed by atoms with Crippen LogP contribution in [0.5, 0.6) is 5.75 Å². The van der Waals surface area contributed by atoms with Gasteiger partial charge in [0.2, 0.25) is 5.91 Å². The second kappa shape index (κ2) is 10.4. The van der Waals surface area contributed by atoms with E-state index in [-0.39, 0.29) is 36.7 Å². The van der Waals surface area contributed by atoms with Gasteiger partial charge in [-0.05, 0) is 35.7 Å². The van der Waals surface area contributed by atoms with Gasteiger partial charge in [-0.2, -0.15) is 5.26 Å². The first-order valence-electron chi connectivity index (χ1n) is 10.5. The minimum atomic E-state index is -0.754. The molecule has 1 heterocycles. The first kappa shape index (κ1) is 22.8. The Labute approximate surface area is 187 Å². The lowest BCUT2D eigenvalue weighted by Gasteiger charge is -2.26. The van der Waals surface area contributed by atoms with Crippen LogP contribution in [0.15, 0.2) is 48.5 Å². The van der Waals surface area contributed by atoms with E-state index in [9.17, 15) is 19.6 Å². The number of hydrogen-bond acceptors (Lipinski definition) is 5. The molecule has 1 aliphatic heterocycles. The summed E-state index contributed by atoms with van der Waals surface area (Å²) in [5.41, 5.74) is 1.69. The molecule has 0 aliphatic carbocycles. The van der Waals surface area contributed by atoms with Crippen LogP contribution in [0.4, 0.5) is 0 Å². The summed E-state index contributed by atoms with van der Waals surface area (Å²) in [5, 5.41) is 14.8. The van der Waals surface area contributed by atoms with Crippen LogP contribution in [0.1, 0.15) is 35.3 Å². The number of hydrogen-bond donors (Lipinski definition) is 2. The van der Waals surface area contributed by atoms with Gasteiger partial charge in [-0.1, -0.05) is 38.1 Å². The molecule has 1 unspecified atom stereocenters. The van der Waals surface area contributed by atoms with E-state index >= 15 is 0 Å². The largest absolute Gasteiger partial charge is 0.479 e. The fraction of sp³-hybridized carbons (Fsp3) is 0.333. The summed E-state index contributed by atoms with van der Waals surface area (Å²) >= 11 is 0. The van der Waals surface area contributed by atoms with Gasteiger partial charge in [-0.3, -0.25) is 14.4 Å². The molecule has 2 aromatic carbocycles. The number of amides is 3. The van der Waals surface area contributed by atoms with E-state index < -0.39 is 6.10 Å². The van der Waals surface area contributed by atoms with E-state index in [1.165, 1.54) is 4.90 Å². The Hall–Kier alpha value is -3.86. The molecule has 1 saturated heterocycles. The van der Waals surface area contributed by atoms with Crippen LogP contribution < -0.4 is 15.4 Å². The van der Waals surface area contributed by atoms with Gasteiger partial charge < -0.3 is 20.3 Å². The van der Waals surface area contributed by atoms with E-state index in [0.29, 0.717) is 30.0 Å². The van der Waals surface area contributed by atoms with E-state index in [1.807, 2.05) is 13.8 Å². The van der Waals surface area contributed by atoms with E-state index in [1.54, 1.807) is 48.5 Å². The average molecular weight is 434 g/mol. The van der Waals surface area contributed by atoms with Gasteiger partial charge in [-0.25, -0.2) is 0 Å². The van der Waals surface area contributed by atoms with Crippen molar-refractivity contribution >= 4 is 17.7 Å². The van der Waals surface area contributed by atoms with Crippen LogP contribution >= 0.6 is 0 Å². The summed E-state index contributed by atoms with van der Waals surface area (Å²) < 4.78 is 5.86. The van der Waals surface area contributed by atoms with Crippen molar-refractivity contribution in [1.29, 1.82) is 5.26 Å². The summed E-state index contributed by atoms with van der Waals surface area (Å²) in [7, 11) is 0. The number of nitriles is 1. The number of para-hydroxylation sites is 1. The van der Waals surface area contributed by atoms with Crippen LogP contribution in [0, 0.1) is 17.2 Å². The maximum atomic E-state index is 12.8. The minimum absolute atomic E-state index is 0.0577. The fourth-order valence-electron chi connectivity index (χ4n) is 3.34. The van der Waals surface area contributed by atoms with Crippen molar-refractivity contribution in [3.8, 4) is 11.8 Å². The molecule has 8 heteroatoms. The van der Waals surface area contributed by atoms with Crippen molar-refractivity contribution in [3.63, 3.8) is 0 Å². The molecule has 0 saturated carbocycles. The van der Waals surface area contributed by atoms with Crippen molar-refractivity contribution in [2.45, 2.75) is 26.5 Å². The number of carbonyl (C=O) groups excluding carboxylic acids is 3. The van der Waals surface area contributed by atoms with Gasteiger partial charge in [0.1, 0.15) is 11.8 Å². The Morgan fingerprint density at radius 3 is 2.56 bits per heavy atom. The third-order valence-electron chi connectivity index (χ3n) is 5.12. The Morgan fingerprint density at radius 1 is 1.19 bits per heavy atom. The molecule has 0 bridgehead atoms. The zero-order valence-corrected chi connectivity index (χ0v) is 18.1. The third kappa shape index (κ3) is 5.64. The molecular weight excluding hydrogens is 408 g/mol. The highest BCUT2D eigenvalue weighted by Crippen LogP contribution is 2.21. The minimum Gasteiger partial charge on any atom is -0.479 e. The fourth-order valence-corrected chi connectivity index (χ4v) is 3.34. The summed E-state index contributed by atoms with van der Waals surface area (Å²) in [5.74, 6) is -0.378. The molecule has 3 amide bonds. The molecule has 2 aromatic rings. The molecule has 32 heavy (non-hydrogen) atoms. The highest BCUT2D eigenvalue weighted by atomic mass is 16.5. The first-order valence-corrected chi connectivity index (χ1v) is 10.5. The van der Waals surface area contributed by atoms with Gasteiger partial charge >= 0.3 is 0 Å². The lowest BCUT2D eigenvalue weighted by Crippen LogP contribution is -2.49. The molecule has 3 rings (SSSR count). The second-order valence-electron chi connectivity index (χ2n) is 7.88. The van der Waals surface area contributed by atoms with Gasteiger partial charge in [-0.15, -0.1) is 0 Å². The molecule has 0 aromatic heterocycles. The van der Waals surface area contributed by atoms with Crippen molar-refractivity contribution in [2.24, 2.45) is 5.92 Å². The highest BCUT2D eigenvalue weighted by Gasteiger charge is 2.25.